The lowest BCUT2D eigenvalue weighted by Gasteiger charge is -2.39. The summed E-state index contributed by atoms with van der Waals surface area (Å²) in [5.74, 6) is 1.11. The number of nitrogens with zero attached hydrogens (tertiary/aromatic N) is 3. The van der Waals surface area contributed by atoms with Crippen LogP contribution >= 0.6 is 11.3 Å². The van der Waals surface area contributed by atoms with E-state index in [4.69, 9.17) is 19.6 Å². The fourth-order valence-corrected chi connectivity index (χ4v) is 5.09. The van der Waals surface area contributed by atoms with Gasteiger partial charge < -0.3 is 19.5 Å². The van der Waals surface area contributed by atoms with Gasteiger partial charge in [0.25, 0.3) is 5.91 Å². The SMILES string of the molecule is Cc1nc(CN2C(=O)[C@@]3(Cc4ccccc42)N=C(c2ccc(OCCCO)cc2)O[C@H]3C)cs1. The van der Waals surface area contributed by atoms with Crippen LogP contribution in [0.3, 0.4) is 0 Å². The first-order chi connectivity index (χ1) is 16.5. The first-order valence-electron chi connectivity index (χ1n) is 11.4. The molecule has 0 radical (unpaired) electrons. The van der Waals surface area contributed by atoms with Gasteiger partial charge in [0.15, 0.2) is 5.54 Å². The average molecular weight is 478 g/mol. The number of para-hydroxylation sites is 1. The second kappa shape index (κ2) is 9.19. The predicted octanol–water partition coefficient (Wildman–Crippen LogP) is 3.91. The molecule has 3 heterocycles. The van der Waals surface area contributed by atoms with Crippen molar-refractivity contribution in [2.45, 2.75) is 44.9 Å². The van der Waals surface area contributed by atoms with Crippen molar-refractivity contribution in [1.29, 1.82) is 0 Å². The Morgan fingerprint density at radius 1 is 1.24 bits per heavy atom. The van der Waals surface area contributed by atoms with Crippen LogP contribution in [0.5, 0.6) is 5.75 Å². The van der Waals surface area contributed by atoms with E-state index in [1.165, 1.54) is 0 Å². The fourth-order valence-electron chi connectivity index (χ4n) is 4.48. The third-order valence-electron chi connectivity index (χ3n) is 6.28. The highest BCUT2D eigenvalue weighted by Crippen LogP contribution is 2.41. The first-order valence-corrected chi connectivity index (χ1v) is 12.3. The van der Waals surface area contributed by atoms with Gasteiger partial charge in [-0.25, -0.2) is 9.98 Å². The number of fused-ring (bicyclic) bond motifs is 1. The summed E-state index contributed by atoms with van der Waals surface area (Å²) in [7, 11) is 0. The maximum absolute atomic E-state index is 14.0. The molecule has 1 amide bonds. The number of benzene rings is 2. The van der Waals surface area contributed by atoms with E-state index in [-0.39, 0.29) is 12.5 Å². The number of aliphatic hydroxyl groups is 1. The molecule has 0 fully saturated rings. The van der Waals surface area contributed by atoms with Crippen molar-refractivity contribution in [3.63, 3.8) is 0 Å². The van der Waals surface area contributed by atoms with Crippen LogP contribution in [0, 0.1) is 6.92 Å². The number of aromatic nitrogens is 1. The number of rotatable bonds is 7. The van der Waals surface area contributed by atoms with Gasteiger partial charge in [-0.15, -0.1) is 11.3 Å². The van der Waals surface area contributed by atoms with E-state index < -0.39 is 11.6 Å². The van der Waals surface area contributed by atoms with Gasteiger partial charge in [-0.05, 0) is 49.7 Å². The molecule has 7 nitrogen and oxygen atoms in total. The summed E-state index contributed by atoms with van der Waals surface area (Å²) >= 11 is 1.58. The minimum absolute atomic E-state index is 0.0664. The number of carbonyl (C=O) groups is 1. The van der Waals surface area contributed by atoms with Crippen molar-refractivity contribution in [3.05, 3.63) is 75.7 Å². The monoisotopic (exact) mass is 477 g/mol. The largest absolute Gasteiger partial charge is 0.494 e. The van der Waals surface area contributed by atoms with E-state index in [1.54, 1.807) is 16.2 Å². The van der Waals surface area contributed by atoms with E-state index >= 15 is 0 Å². The number of hydrogen-bond acceptors (Lipinski definition) is 7. The molecule has 1 aromatic heterocycles. The molecule has 0 saturated carbocycles. The maximum Gasteiger partial charge on any atom is 0.259 e. The molecule has 176 valence electrons. The Morgan fingerprint density at radius 3 is 2.76 bits per heavy atom. The molecule has 8 heteroatoms. The third-order valence-corrected chi connectivity index (χ3v) is 7.10. The Hall–Kier alpha value is -3.23. The third kappa shape index (κ3) is 4.08. The quantitative estimate of drug-likeness (QED) is 0.522. The molecule has 2 atom stereocenters. The standard InChI is InChI=1S/C26H27N3O4S/c1-17-26(28-24(33-17)19-8-10-22(11-9-19)32-13-5-12-30)14-20-6-3-4-7-23(20)29(25(26)31)15-21-16-34-18(2)27-21/h3-4,6-11,16-17,30H,5,12-15H2,1-2H3/t17-,26-/m0/s1. The minimum atomic E-state index is -1.02. The van der Waals surface area contributed by atoms with Crippen LogP contribution < -0.4 is 9.64 Å². The molecule has 5 rings (SSSR count). The Labute approximate surface area is 202 Å². The van der Waals surface area contributed by atoms with Crippen LogP contribution in [-0.4, -0.2) is 46.8 Å². The minimum Gasteiger partial charge on any atom is -0.494 e. The molecule has 1 spiro atoms. The molecule has 0 aliphatic carbocycles. The van der Waals surface area contributed by atoms with E-state index in [1.807, 2.05) is 61.7 Å². The predicted molar refractivity (Wildman–Crippen MR) is 132 cm³/mol. The van der Waals surface area contributed by atoms with Crippen molar-refractivity contribution in [2.24, 2.45) is 4.99 Å². The number of thiazole rings is 1. The number of aliphatic hydroxyl groups excluding tert-OH is 1. The lowest BCUT2D eigenvalue weighted by atomic mass is 9.81. The molecule has 34 heavy (non-hydrogen) atoms. The lowest BCUT2D eigenvalue weighted by Crippen LogP contribution is -2.57. The average Bonchev–Trinajstić information content (AvgIpc) is 3.40. The van der Waals surface area contributed by atoms with Gasteiger partial charge in [-0.2, -0.15) is 0 Å². The summed E-state index contributed by atoms with van der Waals surface area (Å²) in [5.41, 5.74) is 2.62. The highest BCUT2D eigenvalue weighted by molar-refractivity contribution is 7.09. The maximum atomic E-state index is 14.0. The second-order valence-corrected chi connectivity index (χ2v) is 9.67. The Balaban J connectivity index is 1.46. The van der Waals surface area contributed by atoms with E-state index in [2.05, 4.69) is 11.1 Å². The van der Waals surface area contributed by atoms with E-state index in [0.717, 1.165) is 27.5 Å². The number of hydrogen-bond donors (Lipinski definition) is 1. The van der Waals surface area contributed by atoms with E-state index in [0.29, 0.717) is 37.6 Å². The van der Waals surface area contributed by atoms with Gasteiger partial charge >= 0.3 is 0 Å². The number of anilines is 1. The van der Waals surface area contributed by atoms with Gasteiger partial charge in [-0.3, -0.25) is 4.79 Å². The lowest BCUT2D eigenvalue weighted by molar-refractivity contribution is -0.126. The highest BCUT2D eigenvalue weighted by Gasteiger charge is 2.55. The Bertz CT molecular complexity index is 1220. The molecular formula is C26H27N3O4S. The molecule has 2 aliphatic rings. The van der Waals surface area contributed by atoms with Crippen LogP contribution in [-0.2, 0) is 22.5 Å². The highest BCUT2D eigenvalue weighted by atomic mass is 32.1. The summed E-state index contributed by atoms with van der Waals surface area (Å²) in [6.07, 6.45) is 0.656. The van der Waals surface area contributed by atoms with Gasteiger partial charge in [0.2, 0.25) is 5.90 Å². The molecule has 3 aromatic rings. The van der Waals surface area contributed by atoms with Gasteiger partial charge in [0, 0.05) is 36.1 Å². The molecule has 2 aliphatic heterocycles. The number of carbonyl (C=O) groups excluding carboxylic acids is 1. The van der Waals surface area contributed by atoms with Crippen LogP contribution in [0.2, 0.25) is 0 Å². The zero-order valence-electron chi connectivity index (χ0n) is 19.2. The molecule has 1 N–H and O–H groups in total. The van der Waals surface area contributed by atoms with Gasteiger partial charge in [0.05, 0.1) is 23.9 Å². The van der Waals surface area contributed by atoms with Gasteiger partial charge in [0.1, 0.15) is 11.9 Å². The number of aliphatic imine (C=N–C) groups is 1. The van der Waals surface area contributed by atoms with Crippen molar-refractivity contribution in [2.75, 3.05) is 18.1 Å². The summed E-state index contributed by atoms with van der Waals surface area (Å²) in [6, 6.07) is 15.5. The number of aryl methyl sites for hydroxylation is 1. The molecule has 0 unspecified atom stereocenters. The second-order valence-electron chi connectivity index (χ2n) is 8.61. The Morgan fingerprint density at radius 2 is 2.03 bits per heavy atom. The van der Waals surface area contributed by atoms with Crippen molar-refractivity contribution in [1.82, 2.24) is 4.98 Å². The zero-order valence-corrected chi connectivity index (χ0v) is 20.0. The molecule has 0 saturated heterocycles. The smallest absolute Gasteiger partial charge is 0.259 e. The summed E-state index contributed by atoms with van der Waals surface area (Å²) < 4.78 is 11.8. The fraction of sp³-hybridized carbons (Fsp3) is 0.346. The number of ether oxygens (including phenoxy) is 2. The zero-order chi connectivity index (χ0) is 23.7. The van der Waals surface area contributed by atoms with E-state index in [9.17, 15) is 4.79 Å². The van der Waals surface area contributed by atoms with Crippen molar-refractivity contribution >= 4 is 28.8 Å². The molecule has 0 bridgehead atoms. The normalized spacial score (nSPS) is 21.4. The first kappa shape index (κ1) is 22.6. The van der Waals surface area contributed by atoms with Crippen molar-refractivity contribution < 1.29 is 19.4 Å². The summed E-state index contributed by atoms with van der Waals surface area (Å²) in [6.45, 7) is 4.84. The van der Waals surface area contributed by atoms with Crippen LogP contribution in [0.15, 0.2) is 58.9 Å². The van der Waals surface area contributed by atoms with Gasteiger partial charge in [-0.1, -0.05) is 18.2 Å². The van der Waals surface area contributed by atoms with Crippen LogP contribution in [0.4, 0.5) is 5.69 Å². The Kier molecular flexibility index (Phi) is 6.10. The number of amides is 1. The van der Waals surface area contributed by atoms with Crippen LogP contribution in [0.25, 0.3) is 0 Å². The molecular weight excluding hydrogens is 450 g/mol. The molecule has 2 aromatic carbocycles. The van der Waals surface area contributed by atoms with Crippen LogP contribution in [0.1, 0.15) is 35.2 Å². The summed E-state index contributed by atoms with van der Waals surface area (Å²) in [4.78, 5) is 25.3. The summed E-state index contributed by atoms with van der Waals surface area (Å²) in [5, 5.41) is 11.9. The topological polar surface area (TPSA) is 84.3 Å². The van der Waals surface area contributed by atoms with Crippen molar-refractivity contribution in [3.8, 4) is 5.75 Å².